The van der Waals surface area contributed by atoms with E-state index >= 15 is 0 Å². The lowest BCUT2D eigenvalue weighted by molar-refractivity contribution is 0.296. The fraction of sp³-hybridized carbons (Fsp3) is 0.600. The van der Waals surface area contributed by atoms with Crippen molar-refractivity contribution >= 4 is 10.2 Å². The molecule has 1 aromatic carbocycles. The van der Waals surface area contributed by atoms with E-state index in [1.807, 2.05) is 30.3 Å². The minimum Gasteiger partial charge on any atom is -0.195 e. The Morgan fingerprint density at radius 1 is 0.900 bits per heavy atom. The molecule has 1 unspecified atom stereocenters. The molecule has 20 heavy (non-hydrogen) atoms. The van der Waals surface area contributed by atoms with Crippen LogP contribution in [0, 0.1) is 0 Å². The molecule has 1 atom stereocenters. The molecule has 3 rings (SSSR count). The van der Waals surface area contributed by atoms with Crippen molar-refractivity contribution in [1.29, 1.82) is 0 Å². The first kappa shape index (κ1) is 14.0. The zero-order valence-electron chi connectivity index (χ0n) is 11.7. The van der Waals surface area contributed by atoms with Crippen molar-refractivity contribution in [2.75, 3.05) is 19.6 Å². The molecule has 2 saturated heterocycles. The molecule has 0 N–H and O–H groups in total. The smallest absolute Gasteiger partial charge is 0.195 e. The van der Waals surface area contributed by atoms with Gasteiger partial charge in [0.1, 0.15) is 0 Å². The van der Waals surface area contributed by atoms with Crippen molar-refractivity contribution < 1.29 is 8.42 Å². The Labute approximate surface area is 121 Å². The summed E-state index contributed by atoms with van der Waals surface area (Å²) in [6.45, 7) is 2.01. The van der Waals surface area contributed by atoms with Crippen LogP contribution in [0.3, 0.4) is 0 Å². The van der Waals surface area contributed by atoms with Crippen molar-refractivity contribution in [3.8, 4) is 0 Å². The lowest BCUT2D eigenvalue weighted by atomic mass is 10.1. The summed E-state index contributed by atoms with van der Waals surface area (Å²) < 4.78 is 29.0. The van der Waals surface area contributed by atoms with Crippen molar-refractivity contribution in [1.82, 2.24) is 8.61 Å². The number of rotatable bonds is 3. The number of nitrogens with zero attached hydrogens (tertiary/aromatic N) is 2. The maximum Gasteiger partial charge on any atom is 0.282 e. The molecule has 0 saturated carbocycles. The molecule has 0 amide bonds. The van der Waals surface area contributed by atoms with Gasteiger partial charge in [-0.15, -0.1) is 0 Å². The van der Waals surface area contributed by atoms with Gasteiger partial charge in [0.2, 0.25) is 0 Å². The molecule has 2 fully saturated rings. The van der Waals surface area contributed by atoms with Crippen molar-refractivity contribution in [2.45, 2.75) is 38.1 Å². The third-order valence-electron chi connectivity index (χ3n) is 4.33. The summed E-state index contributed by atoms with van der Waals surface area (Å²) in [5.41, 5.74) is 1.12. The molecule has 4 nitrogen and oxygen atoms in total. The van der Waals surface area contributed by atoms with E-state index in [0.29, 0.717) is 19.6 Å². The van der Waals surface area contributed by atoms with Crippen LogP contribution in [-0.4, -0.2) is 36.7 Å². The van der Waals surface area contributed by atoms with Crippen LogP contribution in [0.2, 0.25) is 0 Å². The Kier molecular flexibility index (Phi) is 4.10. The molecule has 1 aromatic rings. The van der Waals surface area contributed by atoms with Gasteiger partial charge in [0.05, 0.1) is 6.04 Å². The van der Waals surface area contributed by atoms with E-state index in [9.17, 15) is 8.42 Å². The summed E-state index contributed by atoms with van der Waals surface area (Å²) in [5, 5.41) is 0. The van der Waals surface area contributed by atoms with E-state index in [-0.39, 0.29) is 6.04 Å². The maximum absolute atomic E-state index is 12.8. The molecular weight excluding hydrogens is 272 g/mol. The quantitative estimate of drug-likeness (QED) is 0.859. The number of hydrogen-bond donors (Lipinski definition) is 0. The van der Waals surface area contributed by atoms with Gasteiger partial charge >= 0.3 is 0 Å². The summed E-state index contributed by atoms with van der Waals surface area (Å²) in [6.07, 6.45) is 5.00. The van der Waals surface area contributed by atoms with E-state index in [1.165, 1.54) is 0 Å². The van der Waals surface area contributed by atoms with Crippen LogP contribution in [0.5, 0.6) is 0 Å². The first-order valence-corrected chi connectivity index (χ1v) is 8.91. The maximum atomic E-state index is 12.8. The van der Waals surface area contributed by atoms with Crippen LogP contribution >= 0.6 is 0 Å². The predicted octanol–water partition coefficient (Wildman–Crippen LogP) is 2.55. The molecule has 0 aromatic heterocycles. The van der Waals surface area contributed by atoms with Gasteiger partial charge in [-0.1, -0.05) is 36.8 Å². The second kappa shape index (κ2) is 5.84. The summed E-state index contributed by atoms with van der Waals surface area (Å²) in [4.78, 5) is 0. The molecule has 0 bridgehead atoms. The Hall–Kier alpha value is -0.910. The SMILES string of the molecule is O=S(=O)(N1CCCCC1)N1CCCC1c1ccccc1. The average molecular weight is 294 g/mol. The second-order valence-corrected chi connectivity index (χ2v) is 7.53. The normalized spacial score (nSPS) is 25.9. The van der Waals surface area contributed by atoms with Gasteiger partial charge in [0.15, 0.2) is 0 Å². The fourth-order valence-electron chi connectivity index (χ4n) is 3.27. The Morgan fingerprint density at radius 2 is 1.60 bits per heavy atom. The van der Waals surface area contributed by atoms with Crippen LogP contribution in [0.4, 0.5) is 0 Å². The zero-order chi connectivity index (χ0) is 14.0. The monoisotopic (exact) mass is 294 g/mol. The lowest BCUT2D eigenvalue weighted by Gasteiger charge is -2.33. The molecule has 0 radical (unpaired) electrons. The highest BCUT2D eigenvalue weighted by Crippen LogP contribution is 2.35. The molecule has 110 valence electrons. The van der Waals surface area contributed by atoms with Crippen LogP contribution in [0.25, 0.3) is 0 Å². The summed E-state index contributed by atoms with van der Waals surface area (Å²) >= 11 is 0. The third-order valence-corrected chi connectivity index (χ3v) is 6.37. The van der Waals surface area contributed by atoms with Crippen LogP contribution in [-0.2, 0) is 10.2 Å². The topological polar surface area (TPSA) is 40.6 Å². The van der Waals surface area contributed by atoms with Gasteiger partial charge in [-0.3, -0.25) is 0 Å². The summed E-state index contributed by atoms with van der Waals surface area (Å²) in [6, 6.07) is 10.0. The standard InChI is InChI=1S/C15H22N2O2S/c18-20(19,16-11-5-2-6-12-16)17-13-7-10-15(17)14-8-3-1-4-9-14/h1,3-4,8-9,15H,2,5-7,10-13H2. The largest absolute Gasteiger partial charge is 0.282 e. The molecule has 0 spiro atoms. The van der Waals surface area contributed by atoms with Crippen LogP contribution in [0.1, 0.15) is 43.7 Å². The molecule has 0 aliphatic carbocycles. The molecule has 2 aliphatic rings. The second-order valence-electron chi connectivity index (χ2n) is 5.65. The van der Waals surface area contributed by atoms with Crippen molar-refractivity contribution in [3.63, 3.8) is 0 Å². The molecule has 2 heterocycles. The number of hydrogen-bond acceptors (Lipinski definition) is 2. The van der Waals surface area contributed by atoms with E-state index in [1.54, 1.807) is 8.61 Å². The van der Waals surface area contributed by atoms with Gasteiger partial charge in [-0.2, -0.15) is 17.0 Å². The lowest BCUT2D eigenvalue weighted by Crippen LogP contribution is -2.45. The summed E-state index contributed by atoms with van der Waals surface area (Å²) in [5.74, 6) is 0. The Bertz CT molecular complexity index is 538. The van der Waals surface area contributed by atoms with E-state index in [2.05, 4.69) is 0 Å². The summed E-state index contributed by atoms with van der Waals surface area (Å²) in [7, 11) is -3.29. The fourth-order valence-corrected chi connectivity index (χ4v) is 5.19. The van der Waals surface area contributed by atoms with Gasteiger partial charge in [0, 0.05) is 19.6 Å². The van der Waals surface area contributed by atoms with E-state index in [4.69, 9.17) is 0 Å². The highest BCUT2D eigenvalue weighted by atomic mass is 32.2. The van der Waals surface area contributed by atoms with Crippen molar-refractivity contribution in [2.24, 2.45) is 0 Å². The minimum absolute atomic E-state index is 0.0168. The first-order chi connectivity index (χ1) is 9.69. The molecule has 2 aliphatic heterocycles. The Balaban J connectivity index is 1.84. The van der Waals surface area contributed by atoms with Crippen molar-refractivity contribution in [3.05, 3.63) is 35.9 Å². The number of piperidine rings is 1. The van der Waals surface area contributed by atoms with Gasteiger partial charge in [-0.05, 0) is 31.2 Å². The van der Waals surface area contributed by atoms with Crippen LogP contribution in [0.15, 0.2) is 30.3 Å². The van der Waals surface area contributed by atoms with E-state index < -0.39 is 10.2 Å². The molecular formula is C15H22N2O2S. The van der Waals surface area contributed by atoms with Gasteiger partial charge in [0.25, 0.3) is 10.2 Å². The van der Waals surface area contributed by atoms with Gasteiger partial charge in [-0.25, -0.2) is 0 Å². The average Bonchev–Trinajstić information content (AvgIpc) is 2.99. The number of benzene rings is 1. The predicted molar refractivity (Wildman–Crippen MR) is 79.5 cm³/mol. The minimum atomic E-state index is -3.29. The molecule has 5 heteroatoms. The highest BCUT2D eigenvalue weighted by Gasteiger charge is 2.38. The van der Waals surface area contributed by atoms with E-state index in [0.717, 1.165) is 37.7 Å². The zero-order valence-corrected chi connectivity index (χ0v) is 12.6. The third kappa shape index (κ3) is 2.62. The Morgan fingerprint density at radius 3 is 2.30 bits per heavy atom. The van der Waals surface area contributed by atoms with Crippen LogP contribution < -0.4 is 0 Å². The first-order valence-electron chi connectivity index (χ1n) is 7.51. The van der Waals surface area contributed by atoms with Gasteiger partial charge < -0.3 is 0 Å². The highest BCUT2D eigenvalue weighted by molar-refractivity contribution is 7.86.